The van der Waals surface area contributed by atoms with Gasteiger partial charge in [-0.3, -0.25) is 4.79 Å². The second-order valence-corrected chi connectivity index (χ2v) is 5.09. The van der Waals surface area contributed by atoms with Gasteiger partial charge in [-0.05, 0) is 25.3 Å². The molecule has 1 heterocycles. The zero-order chi connectivity index (χ0) is 14.5. The molecule has 0 radical (unpaired) electrons. The van der Waals surface area contributed by atoms with Crippen molar-refractivity contribution in [3.05, 3.63) is 53.6 Å². The number of rotatable bonds is 6. The number of nitrogens with zero attached hydrogens (tertiary/aromatic N) is 2. The smallest absolute Gasteiger partial charge is 0.185 e. The van der Waals surface area contributed by atoms with Crippen LogP contribution < -0.4 is 0 Å². The van der Waals surface area contributed by atoms with E-state index < -0.39 is 0 Å². The van der Waals surface area contributed by atoms with Gasteiger partial charge >= 0.3 is 0 Å². The topological polar surface area (TPSA) is 34.9 Å². The van der Waals surface area contributed by atoms with Crippen molar-refractivity contribution >= 4 is 5.78 Å². The second kappa shape index (κ2) is 6.51. The Morgan fingerprint density at radius 3 is 2.55 bits per heavy atom. The number of hydrogen-bond donors (Lipinski definition) is 0. The van der Waals surface area contributed by atoms with Gasteiger partial charge in [-0.15, -0.1) is 0 Å². The predicted octanol–water partition coefficient (Wildman–Crippen LogP) is 3.84. The van der Waals surface area contributed by atoms with Gasteiger partial charge in [-0.25, -0.2) is 4.98 Å². The van der Waals surface area contributed by atoms with Gasteiger partial charge in [0.2, 0.25) is 0 Å². The molecule has 1 atom stereocenters. The summed E-state index contributed by atoms with van der Waals surface area (Å²) in [5, 5.41) is 0. The Morgan fingerprint density at radius 2 is 1.95 bits per heavy atom. The molecule has 0 bridgehead atoms. The lowest BCUT2D eigenvalue weighted by molar-refractivity contribution is 0.0933. The van der Waals surface area contributed by atoms with E-state index in [-0.39, 0.29) is 11.8 Å². The van der Waals surface area contributed by atoms with Crippen LogP contribution in [0, 0.1) is 0 Å². The molecule has 0 fully saturated rings. The molecule has 3 nitrogen and oxygen atoms in total. The fourth-order valence-corrected chi connectivity index (χ4v) is 2.39. The van der Waals surface area contributed by atoms with E-state index in [0.717, 1.165) is 30.7 Å². The number of aromatic nitrogens is 2. The first-order valence-electron chi connectivity index (χ1n) is 7.32. The van der Waals surface area contributed by atoms with Crippen molar-refractivity contribution < 1.29 is 4.79 Å². The molecule has 0 saturated heterocycles. The molecule has 0 N–H and O–H groups in total. The van der Waals surface area contributed by atoms with Crippen LogP contribution in [0.5, 0.6) is 0 Å². The quantitative estimate of drug-likeness (QED) is 0.747. The number of Topliss-reactive ketones (excluding diaryl/α,β-unsaturated/α-hetero) is 1. The van der Waals surface area contributed by atoms with Gasteiger partial charge < -0.3 is 4.57 Å². The summed E-state index contributed by atoms with van der Waals surface area (Å²) in [7, 11) is 0. The molecule has 106 valence electrons. The van der Waals surface area contributed by atoms with Crippen LogP contribution in [0.1, 0.15) is 55.0 Å². The minimum absolute atomic E-state index is 0.142. The Morgan fingerprint density at radius 1 is 1.25 bits per heavy atom. The first-order valence-corrected chi connectivity index (χ1v) is 7.32. The molecule has 1 aromatic carbocycles. The van der Waals surface area contributed by atoms with Crippen molar-refractivity contribution in [3.63, 3.8) is 0 Å². The standard InChI is InChI=1S/C17H22N2O/c1-4-6-16-18-11-12-19(16)13(3)17(20)15-9-7-14(5-2)8-10-15/h7-13H,4-6H2,1-3H3. The first kappa shape index (κ1) is 14.5. The van der Waals surface area contributed by atoms with Crippen LogP contribution in [0.15, 0.2) is 36.7 Å². The van der Waals surface area contributed by atoms with Gasteiger partial charge in [0, 0.05) is 24.4 Å². The molecule has 3 heteroatoms. The van der Waals surface area contributed by atoms with E-state index in [4.69, 9.17) is 0 Å². The Bertz CT molecular complexity index is 569. The van der Waals surface area contributed by atoms with Crippen LogP contribution in [-0.2, 0) is 12.8 Å². The van der Waals surface area contributed by atoms with Crippen molar-refractivity contribution in [1.82, 2.24) is 9.55 Å². The molecular formula is C17H22N2O. The van der Waals surface area contributed by atoms with E-state index in [9.17, 15) is 4.79 Å². The van der Waals surface area contributed by atoms with Gasteiger partial charge in [0.1, 0.15) is 5.82 Å². The lowest BCUT2D eigenvalue weighted by Crippen LogP contribution is -2.18. The summed E-state index contributed by atoms with van der Waals surface area (Å²) in [6, 6.07) is 7.70. The van der Waals surface area contributed by atoms with E-state index >= 15 is 0 Å². The van der Waals surface area contributed by atoms with Crippen molar-refractivity contribution in [2.75, 3.05) is 0 Å². The van der Waals surface area contributed by atoms with Gasteiger partial charge in [0.15, 0.2) is 5.78 Å². The molecule has 2 rings (SSSR count). The van der Waals surface area contributed by atoms with E-state index in [1.165, 1.54) is 5.56 Å². The highest BCUT2D eigenvalue weighted by Crippen LogP contribution is 2.17. The Kier molecular flexibility index (Phi) is 4.72. The highest BCUT2D eigenvalue weighted by molar-refractivity contribution is 5.98. The van der Waals surface area contributed by atoms with Crippen LogP contribution in [0.4, 0.5) is 0 Å². The summed E-state index contributed by atoms with van der Waals surface area (Å²) in [6.45, 7) is 6.17. The Hall–Kier alpha value is -1.90. The van der Waals surface area contributed by atoms with Gasteiger partial charge in [0.25, 0.3) is 0 Å². The number of aryl methyl sites for hydroxylation is 2. The summed E-state index contributed by atoms with van der Waals surface area (Å²) < 4.78 is 1.99. The zero-order valence-electron chi connectivity index (χ0n) is 12.5. The molecule has 0 amide bonds. The van der Waals surface area contributed by atoms with Gasteiger partial charge in [-0.2, -0.15) is 0 Å². The largest absolute Gasteiger partial charge is 0.324 e. The van der Waals surface area contributed by atoms with E-state index in [1.54, 1.807) is 6.20 Å². The molecule has 0 aliphatic rings. The van der Waals surface area contributed by atoms with E-state index in [2.05, 4.69) is 18.8 Å². The summed E-state index contributed by atoms with van der Waals surface area (Å²) in [5.41, 5.74) is 2.02. The zero-order valence-corrected chi connectivity index (χ0v) is 12.5. The average Bonchev–Trinajstić information content (AvgIpc) is 2.94. The summed E-state index contributed by atoms with van der Waals surface area (Å²) in [6.07, 6.45) is 6.59. The minimum Gasteiger partial charge on any atom is -0.324 e. The van der Waals surface area contributed by atoms with Crippen LogP contribution >= 0.6 is 0 Å². The number of carbonyl (C=O) groups excluding carboxylic acids is 1. The highest BCUT2D eigenvalue weighted by Gasteiger charge is 2.18. The molecule has 1 unspecified atom stereocenters. The molecule has 0 saturated carbocycles. The van der Waals surface area contributed by atoms with E-state index in [0.29, 0.717) is 0 Å². The summed E-state index contributed by atoms with van der Waals surface area (Å²) >= 11 is 0. The third-order valence-corrected chi connectivity index (χ3v) is 3.67. The fourth-order valence-electron chi connectivity index (χ4n) is 2.39. The molecule has 2 aromatic rings. The lowest BCUT2D eigenvalue weighted by atomic mass is 10.0. The maximum absolute atomic E-state index is 12.6. The molecule has 0 aliphatic carbocycles. The number of hydrogen-bond acceptors (Lipinski definition) is 2. The van der Waals surface area contributed by atoms with E-state index in [1.807, 2.05) is 42.0 Å². The van der Waals surface area contributed by atoms with Crippen molar-refractivity contribution in [1.29, 1.82) is 0 Å². The first-order chi connectivity index (χ1) is 9.67. The number of benzene rings is 1. The average molecular weight is 270 g/mol. The lowest BCUT2D eigenvalue weighted by Gasteiger charge is -2.15. The number of imidazole rings is 1. The van der Waals surface area contributed by atoms with Crippen LogP contribution in [-0.4, -0.2) is 15.3 Å². The molecule has 1 aromatic heterocycles. The van der Waals surface area contributed by atoms with Crippen molar-refractivity contribution in [2.24, 2.45) is 0 Å². The van der Waals surface area contributed by atoms with Crippen LogP contribution in [0.2, 0.25) is 0 Å². The monoisotopic (exact) mass is 270 g/mol. The SMILES string of the molecule is CCCc1nccn1C(C)C(=O)c1ccc(CC)cc1. The summed E-state index contributed by atoms with van der Waals surface area (Å²) in [5.74, 6) is 1.13. The normalized spacial score (nSPS) is 12.3. The molecule has 0 aliphatic heterocycles. The number of ketones is 1. The van der Waals surface area contributed by atoms with Crippen molar-refractivity contribution in [2.45, 2.75) is 46.1 Å². The Labute approximate surface area is 120 Å². The second-order valence-electron chi connectivity index (χ2n) is 5.09. The molecule has 20 heavy (non-hydrogen) atoms. The maximum atomic E-state index is 12.6. The molecule has 0 spiro atoms. The van der Waals surface area contributed by atoms with Gasteiger partial charge in [0.05, 0.1) is 6.04 Å². The fraction of sp³-hybridized carbons (Fsp3) is 0.412. The number of carbonyl (C=O) groups is 1. The van der Waals surface area contributed by atoms with Crippen LogP contribution in [0.25, 0.3) is 0 Å². The third-order valence-electron chi connectivity index (χ3n) is 3.67. The maximum Gasteiger partial charge on any atom is 0.185 e. The minimum atomic E-state index is -0.202. The summed E-state index contributed by atoms with van der Waals surface area (Å²) in [4.78, 5) is 16.9. The highest BCUT2D eigenvalue weighted by atomic mass is 16.1. The predicted molar refractivity (Wildman–Crippen MR) is 81.1 cm³/mol. The van der Waals surface area contributed by atoms with Crippen LogP contribution in [0.3, 0.4) is 0 Å². The third kappa shape index (κ3) is 2.98. The van der Waals surface area contributed by atoms with Gasteiger partial charge in [-0.1, -0.05) is 38.1 Å². The Balaban J connectivity index is 2.20. The van der Waals surface area contributed by atoms with Crippen molar-refractivity contribution in [3.8, 4) is 0 Å². The molecular weight excluding hydrogens is 248 g/mol.